The quantitative estimate of drug-likeness (QED) is 0.826. The van der Waals surface area contributed by atoms with Gasteiger partial charge in [0.25, 0.3) is 0 Å². The third-order valence-electron chi connectivity index (χ3n) is 3.18. The molecular formula is C15H21NO3. The van der Waals surface area contributed by atoms with Crippen LogP contribution in [0.2, 0.25) is 0 Å². The fourth-order valence-corrected chi connectivity index (χ4v) is 1.81. The molecule has 0 saturated heterocycles. The molecule has 0 heterocycles. The number of hydrogen-bond donors (Lipinski definition) is 2. The largest absolute Gasteiger partial charge is 0.481 e. The van der Waals surface area contributed by atoms with Crippen molar-refractivity contribution in [1.29, 1.82) is 0 Å². The van der Waals surface area contributed by atoms with Gasteiger partial charge >= 0.3 is 5.97 Å². The zero-order valence-corrected chi connectivity index (χ0v) is 11.6. The number of carbonyl (C=O) groups excluding carboxylic acids is 1. The maximum atomic E-state index is 11.9. The summed E-state index contributed by atoms with van der Waals surface area (Å²) in [7, 11) is 0. The van der Waals surface area contributed by atoms with Gasteiger partial charge in [-0.3, -0.25) is 9.59 Å². The fourth-order valence-electron chi connectivity index (χ4n) is 1.81. The summed E-state index contributed by atoms with van der Waals surface area (Å²) in [5, 5.41) is 11.4. The first-order valence-electron chi connectivity index (χ1n) is 6.38. The second-order valence-corrected chi connectivity index (χ2v) is 5.47. The fraction of sp³-hybridized carbons (Fsp3) is 0.467. The maximum absolute atomic E-state index is 11.9. The lowest BCUT2D eigenvalue weighted by Crippen LogP contribution is -2.35. The van der Waals surface area contributed by atoms with Crippen LogP contribution in [0.25, 0.3) is 0 Å². The van der Waals surface area contributed by atoms with Crippen molar-refractivity contribution < 1.29 is 14.7 Å². The Labute approximate surface area is 113 Å². The van der Waals surface area contributed by atoms with Crippen LogP contribution in [0.1, 0.15) is 32.8 Å². The number of carboxylic acids is 1. The van der Waals surface area contributed by atoms with Crippen LogP contribution >= 0.6 is 0 Å². The smallest absolute Gasteiger partial charge is 0.308 e. The number of carbonyl (C=O) groups is 2. The van der Waals surface area contributed by atoms with E-state index in [0.29, 0.717) is 6.42 Å². The molecule has 0 spiro atoms. The number of amides is 1. The van der Waals surface area contributed by atoms with E-state index in [2.05, 4.69) is 5.32 Å². The van der Waals surface area contributed by atoms with E-state index >= 15 is 0 Å². The minimum Gasteiger partial charge on any atom is -0.481 e. The van der Waals surface area contributed by atoms with Crippen LogP contribution in [0.3, 0.4) is 0 Å². The highest BCUT2D eigenvalue weighted by molar-refractivity contribution is 5.78. The average molecular weight is 263 g/mol. The normalized spacial score (nSPS) is 12.8. The van der Waals surface area contributed by atoms with Gasteiger partial charge in [-0.2, -0.15) is 0 Å². The van der Waals surface area contributed by atoms with Crippen molar-refractivity contribution in [3.8, 4) is 0 Å². The summed E-state index contributed by atoms with van der Waals surface area (Å²) in [4.78, 5) is 22.5. The van der Waals surface area contributed by atoms with Gasteiger partial charge in [-0.15, -0.1) is 0 Å². The summed E-state index contributed by atoms with van der Waals surface area (Å²) in [6, 6.07) is 9.82. The Balaban J connectivity index is 2.54. The highest BCUT2D eigenvalue weighted by Gasteiger charge is 2.24. The Bertz CT molecular complexity index is 440. The topological polar surface area (TPSA) is 66.4 Å². The molecule has 0 bridgehead atoms. The number of aliphatic carboxylic acids is 1. The van der Waals surface area contributed by atoms with E-state index in [1.54, 1.807) is 6.92 Å². The minimum absolute atomic E-state index is 0.123. The Morgan fingerprint density at radius 2 is 1.84 bits per heavy atom. The van der Waals surface area contributed by atoms with Crippen molar-refractivity contribution in [1.82, 2.24) is 5.32 Å². The molecule has 1 amide bonds. The third kappa shape index (κ3) is 4.73. The molecule has 0 unspecified atom stereocenters. The van der Waals surface area contributed by atoms with E-state index in [9.17, 15) is 9.59 Å². The highest BCUT2D eigenvalue weighted by Crippen LogP contribution is 2.26. The summed E-state index contributed by atoms with van der Waals surface area (Å²) in [5.41, 5.74) is 0.828. The second-order valence-electron chi connectivity index (χ2n) is 5.47. The molecule has 1 aromatic rings. The molecule has 0 aliphatic rings. The molecule has 0 fully saturated rings. The molecule has 1 aromatic carbocycles. The lowest BCUT2D eigenvalue weighted by atomic mass is 9.81. The van der Waals surface area contributed by atoms with Gasteiger partial charge in [0.1, 0.15) is 0 Å². The Morgan fingerprint density at radius 3 is 2.37 bits per heavy atom. The molecule has 1 rings (SSSR count). The lowest BCUT2D eigenvalue weighted by Gasteiger charge is -2.24. The van der Waals surface area contributed by atoms with Crippen LogP contribution < -0.4 is 5.32 Å². The SMILES string of the molecule is C[C@@H](CNC(=O)CC(C)(C)c1ccccc1)C(=O)O. The summed E-state index contributed by atoms with van der Waals surface area (Å²) in [5.74, 6) is -1.59. The van der Waals surface area contributed by atoms with Crippen molar-refractivity contribution in [3.63, 3.8) is 0 Å². The van der Waals surface area contributed by atoms with Crippen LogP contribution in [-0.4, -0.2) is 23.5 Å². The number of rotatable bonds is 6. The van der Waals surface area contributed by atoms with Gasteiger partial charge in [-0.25, -0.2) is 0 Å². The minimum atomic E-state index is -0.900. The number of benzene rings is 1. The maximum Gasteiger partial charge on any atom is 0.308 e. The lowest BCUT2D eigenvalue weighted by molar-refractivity contribution is -0.141. The summed E-state index contributed by atoms with van der Waals surface area (Å²) in [6.45, 7) is 5.75. The van der Waals surface area contributed by atoms with E-state index in [4.69, 9.17) is 5.11 Å². The first-order chi connectivity index (χ1) is 8.83. The summed E-state index contributed by atoms with van der Waals surface area (Å²) < 4.78 is 0. The summed E-state index contributed by atoms with van der Waals surface area (Å²) >= 11 is 0. The number of hydrogen-bond acceptors (Lipinski definition) is 2. The van der Waals surface area contributed by atoms with Gasteiger partial charge in [-0.05, 0) is 11.0 Å². The Kier molecular flexibility index (Phi) is 5.10. The molecule has 0 aliphatic carbocycles. The average Bonchev–Trinajstić information content (AvgIpc) is 2.36. The molecule has 2 N–H and O–H groups in total. The molecule has 4 nitrogen and oxygen atoms in total. The van der Waals surface area contributed by atoms with Gasteiger partial charge in [0, 0.05) is 13.0 Å². The molecule has 0 aromatic heterocycles. The molecule has 0 saturated carbocycles. The van der Waals surface area contributed by atoms with Crippen molar-refractivity contribution in [2.45, 2.75) is 32.6 Å². The molecule has 1 atom stereocenters. The third-order valence-corrected chi connectivity index (χ3v) is 3.18. The van der Waals surface area contributed by atoms with Crippen LogP contribution in [0.4, 0.5) is 0 Å². The van der Waals surface area contributed by atoms with Gasteiger partial charge in [-0.1, -0.05) is 51.1 Å². The molecule has 0 radical (unpaired) electrons. The van der Waals surface area contributed by atoms with Crippen LogP contribution in [0, 0.1) is 5.92 Å². The number of carboxylic acid groups (broad SMARTS) is 1. The number of nitrogens with one attached hydrogen (secondary N) is 1. The van der Waals surface area contributed by atoms with E-state index in [1.807, 2.05) is 44.2 Å². The molecule has 19 heavy (non-hydrogen) atoms. The molecule has 4 heteroatoms. The van der Waals surface area contributed by atoms with Crippen LogP contribution in [-0.2, 0) is 15.0 Å². The first-order valence-corrected chi connectivity index (χ1v) is 6.38. The zero-order valence-electron chi connectivity index (χ0n) is 11.6. The Morgan fingerprint density at radius 1 is 1.26 bits per heavy atom. The molecule has 0 aliphatic heterocycles. The van der Waals surface area contributed by atoms with E-state index in [1.165, 1.54) is 0 Å². The van der Waals surface area contributed by atoms with Crippen molar-refractivity contribution in [2.75, 3.05) is 6.54 Å². The van der Waals surface area contributed by atoms with Gasteiger partial charge in [0.2, 0.25) is 5.91 Å². The first kappa shape index (κ1) is 15.2. The van der Waals surface area contributed by atoms with Gasteiger partial charge in [0.05, 0.1) is 5.92 Å². The zero-order chi connectivity index (χ0) is 14.5. The molecule has 104 valence electrons. The van der Waals surface area contributed by atoms with Crippen molar-refractivity contribution in [3.05, 3.63) is 35.9 Å². The van der Waals surface area contributed by atoms with Crippen molar-refractivity contribution in [2.24, 2.45) is 5.92 Å². The van der Waals surface area contributed by atoms with E-state index in [0.717, 1.165) is 5.56 Å². The predicted molar refractivity (Wildman–Crippen MR) is 73.9 cm³/mol. The predicted octanol–water partition coefficient (Wildman–Crippen LogP) is 2.19. The van der Waals surface area contributed by atoms with E-state index < -0.39 is 11.9 Å². The van der Waals surface area contributed by atoms with Gasteiger partial charge < -0.3 is 10.4 Å². The van der Waals surface area contributed by atoms with E-state index in [-0.39, 0.29) is 17.9 Å². The molecular weight excluding hydrogens is 242 g/mol. The van der Waals surface area contributed by atoms with Crippen LogP contribution in [0.5, 0.6) is 0 Å². The second kappa shape index (κ2) is 6.36. The van der Waals surface area contributed by atoms with Crippen molar-refractivity contribution >= 4 is 11.9 Å². The highest BCUT2D eigenvalue weighted by atomic mass is 16.4. The monoisotopic (exact) mass is 263 g/mol. The van der Waals surface area contributed by atoms with Crippen LogP contribution in [0.15, 0.2) is 30.3 Å². The standard InChI is InChI=1S/C15H21NO3/c1-11(14(18)19)10-16-13(17)9-15(2,3)12-7-5-4-6-8-12/h4-8,11H,9-10H2,1-3H3,(H,16,17)(H,18,19)/t11-/m0/s1. The van der Waals surface area contributed by atoms with Gasteiger partial charge in [0.15, 0.2) is 0 Å². The summed E-state index contributed by atoms with van der Waals surface area (Å²) in [6.07, 6.45) is 0.337. The Hall–Kier alpha value is -1.84.